The number of carbonyl (C=O) groups excluding carboxylic acids is 1. The summed E-state index contributed by atoms with van der Waals surface area (Å²) in [6.45, 7) is 13.1. The first-order valence-electron chi connectivity index (χ1n) is 9.86. The van der Waals surface area contributed by atoms with E-state index < -0.39 is 6.04 Å². The number of rotatable bonds is 5. The van der Waals surface area contributed by atoms with Crippen LogP contribution in [0.2, 0.25) is 10.0 Å². The largest absolute Gasteiger partial charge is 0.344 e. The number of halogens is 2. The first-order chi connectivity index (χ1) is 14.0. The van der Waals surface area contributed by atoms with Gasteiger partial charge in [0.15, 0.2) is 0 Å². The molecule has 2 heterocycles. The van der Waals surface area contributed by atoms with Crippen LogP contribution in [0.3, 0.4) is 0 Å². The summed E-state index contributed by atoms with van der Waals surface area (Å²) in [7, 11) is 1.81. The van der Waals surface area contributed by atoms with Crippen LogP contribution in [0.4, 0.5) is 5.82 Å². The van der Waals surface area contributed by atoms with Gasteiger partial charge in [0.05, 0.1) is 21.8 Å². The molecule has 1 aromatic heterocycles. The lowest BCUT2D eigenvalue weighted by atomic mass is 9.88. The van der Waals surface area contributed by atoms with Crippen molar-refractivity contribution in [3.05, 3.63) is 69.5 Å². The van der Waals surface area contributed by atoms with Crippen LogP contribution < -0.4 is 5.32 Å². The predicted molar refractivity (Wildman–Crippen MR) is 124 cm³/mol. The lowest BCUT2D eigenvalue weighted by Crippen LogP contribution is -2.37. The highest BCUT2D eigenvalue weighted by molar-refractivity contribution is 6.42. The molecule has 0 bridgehead atoms. The Morgan fingerprint density at radius 3 is 2.60 bits per heavy atom. The lowest BCUT2D eigenvalue weighted by molar-refractivity contribution is -0.126. The summed E-state index contributed by atoms with van der Waals surface area (Å²) in [6.07, 6.45) is 2.56. The molecule has 3 rings (SSSR count). The van der Waals surface area contributed by atoms with E-state index in [1.54, 1.807) is 35.0 Å². The molecule has 1 N–H and O–H groups in total. The maximum Gasteiger partial charge on any atom is 0.254 e. The van der Waals surface area contributed by atoms with Crippen LogP contribution in [0.1, 0.15) is 45.7 Å². The third-order valence-corrected chi connectivity index (χ3v) is 5.72. The van der Waals surface area contributed by atoms with Gasteiger partial charge in [-0.1, -0.05) is 62.2 Å². The van der Waals surface area contributed by atoms with Gasteiger partial charge in [0.2, 0.25) is 0 Å². The summed E-state index contributed by atoms with van der Waals surface area (Å²) in [6, 6.07) is 6.90. The summed E-state index contributed by atoms with van der Waals surface area (Å²) < 4.78 is 1.80. The Bertz CT molecular complexity index is 1020. The molecule has 1 amide bonds. The molecule has 160 valence electrons. The fourth-order valence-electron chi connectivity index (χ4n) is 3.89. The van der Waals surface area contributed by atoms with Gasteiger partial charge >= 0.3 is 0 Å². The Labute approximate surface area is 188 Å². The second-order valence-corrected chi connectivity index (χ2v) is 9.86. The van der Waals surface area contributed by atoms with Crippen LogP contribution in [0, 0.1) is 5.41 Å². The maximum atomic E-state index is 13.6. The number of fused-ring (bicyclic) bond motifs is 1. The summed E-state index contributed by atoms with van der Waals surface area (Å²) >= 11 is 12.4. The van der Waals surface area contributed by atoms with Crippen molar-refractivity contribution in [1.29, 1.82) is 0 Å². The topological polar surface area (TPSA) is 50.2 Å². The number of carbonyl (C=O) groups is 1. The molecule has 1 unspecified atom stereocenters. The highest BCUT2D eigenvalue weighted by Crippen LogP contribution is 2.38. The standard InChI is InChI=1S/C23H28Cl2N4O/c1-14(12-23(3,4)5)13-28(6)22(30)20-15(2)27-19-9-10-26-29(19)21(20)16-7-8-17(24)18(25)11-16/h7-11,21,27H,1,12-13H2,2-6H3. The van der Waals surface area contributed by atoms with E-state index in [1.807, 2.05) is 19.1 Å². The van der Waals surface area contributed by atoms with Gasteiger partial charge in [0.1, 0.15) is 11.9 Å². The van der Waals surface area contributed by atoms with Crippen molar-refractivity contribution in [2.24, 2.45) is 5.41 Å². The van der Waals surface area contributed by atoms with E-state index in [1.165, 1.54) is 0 Å². The number of likely N-dealkylation sites (N-methyl/N-ethyl adjacent to an activating group) is 1. The zero-order valence-corrected chi connectivity index (χ0v) is 19.6. The van der Waals surface area contributed by atoms with E-state index in [-0.39, 0.29) is 11.3 Å². The minimum atomic E-state index is -0.406. The molecule has 1 aromatic carbocycles. The van der Waals surface area contributed by atoms with Gasteiger partial charge in [-0.05, 0) is 36.5 Å². The molecule has 1 aliphatic rings. The molecule has 30 heavy (non-hydrogen) atoms. The Morgan fingerprint density at radius 2 is 1.97 bits per heavy atom. The average molecular weight is 447 g/mol. The van der Waals surface area contributed by atoms with Crippen LogP contribution >= 0.6 is 23.2 Å². The number of nitrogens with one attached hydrogen (secondary N) is 1. The molecule has 0 aliphatic carbocycles. The summed E-state index contributed by atoms with van der Waals surface area (Å²) in [4.78, 5) is 15.3. The monoisotopic (exact) mass is 446 g/mol. The Kier molecular flexibility index (Phi) is 6.34. The molecule has 0 spiro atoms. The van der Waals surface area contributed by atoms with Gasteiger partial charge in [-0.15, -0.1) is 0 Å². The van der Waals surface area contributed by atoms with Crippen molar-refractivity contribution in [3.63, 3.8) is 0 Å². The van der Waals surface area contributed by atoms with E-state index >= 15 is 0 Å². The number of allylic oxidation sites excluding steroid dienone is 1. The molecular weight excluding hydrogens is 419 g/mol. The molecule has 2 aromatic rings. The molecule has 0 saturated heterocycles. The van der Waals surface area contributed by atoms with Crippen LogP contribution in [0.15, 0.2) is 53.9 Å². The Balaban J connectivity index is 1.97. The summed E-state index contributed by atoms with van der Waals surface area (Å²) in [5.74, 6) is 0.743. The molecule has 7 heteroatoms. The molecule has 1 aliphatic heterocycles. The Hall–Kier alpha value is -2.24. The Morgan fingerprint density at radius 1 is 1.27 bits per heavy atom. The molecule has 5 nitrogen and oxygen atoms in total. The van der Waals surface area contributed by atoms with E-state index in [4.69, 9.17) is 23.2 Å². The normalized spacial score (nSPS) is 16.2. The fraction of sp³-hybridized carbons (Fsp3) is 0.391. The number of benzene rings is 1. The van der Waals surface area contributed by atoms with Crippen LogP contribution in [-0.4, -0.2) is 34.2 Å². The fourth-order valence-corrected chi connectivity index (χ4v) is 4.20. The van der Waals surface area contributed by atoms with Gasteiger partial charge in [-0.25, -0.2) is 4.68 Å². The third-order valence-electron chi connectivity index (χ3n) is 4.99. The van der Waals surface area contributed by atoms with Crippen molar-refractivity contribution in [2.75, 3.05) is 18.9 Å². The smallest absolute Gasteiger partial charge is 0.254 e. The molecule has 0 fully saturated rings. The highest BCUT2D eigenvalue weighted by Gasteiger charge is 2.34. The SMILES string of the molecule is C=C(CN(C)C(=O)C1=C(C)Nc2ccnn2C1c1ccc(Cl)c(Cl)c1)CC(C)(C)C. The number of aromatic nitrogens is 2. The van der Waals surface area contributed by atoms with Crippen molar-refractivity contribution < 1.29 is 4.79 Å². The quantitative estimate of drug-likeness (QED) is 0.578. The first kappa shape index (κ1) is 22.4. The lowest BCUT2D eigenvalue weighted by Gasteiger charge is -2.32. The summed E-state index contributed by atoms with van der Waals surface area (Å²) in [5.41, 5.74) is 3.40. The van der Waals surface area contributed by atoms with E-state index in [0.29, 0.717) is 22.2 Å². The maximum absolute atomic E-state index is 13.6. The summed E-state index contributed by atoms with van der Waals surface area (Å²) in [5, 5.41) is 8.67. The van der Waals surface area contributed by atoms with Gasteiger partial charge in [0.25, 0.3) is 5.91 Å². The van der Waals surface area contributed by atoms with Gasteiger partial charge in [-0.2, -0.15) is 5.10 Å². The highest BCUT2D eigenvalue weighted by atomic mass is 35.5. The second kappa shape index (κ2) is 8.48. The number of amides is 1. The first-order valence-corrected chi connectivity index (χ1v) is 10.6. The second-order valence-electron chi connectivity index (χ2n) is 9.05. The van der Waals surface area contributed by atoms with Crippen LogP contribution in [0.5, 0.6) is 0 Å². The third kappa shape index (κ3) is 4.73. The van der Waals surface area contributed by atoms with Gasteiger partial charge in [-0.3, -0.25) is 4.79 Å². The minimum Gasteiger partial charge on any atom is -0.344 e. The van der Waals surface area contributed by atoms with Gasteiger partial charge in [0, 0.05) is 25.4 Å². The van der Waals surface area contributed by atoms with Crippen LogP contribution in [0.25, 0.3) is 0 Å². The number of hydrogen-bond donors (Lipinski definition) is 1. The predicted octanol–water partition coefficient (Wildman–Crippen LogP) is 5.93. The number of anilines is 1. The molecule has 0 radical (unpaired) electrons. The van der Waals surface area contributed by atoms with E-state index in [2.05, 4.69) is 37.8 Å². The van der Waals surface area contributed by atoms with E-state index in [9.17, 15) is 4.79 Å². The van der Waals surface area contributed by atoms with E-state index in [0.717, 1.165) is 29.1 Å². The molecule has 0 saturated carbocycles. The number of hydrogen-bond acceptors (Lipinski definition) is 3. The van der Waals surface area contributed by atoms with Crippen molar-refractivity contribution in [2.45, 2.75) is 40.2 Å². The van der Waals surface area contributed by atoms with Crippen molar-refractivity contribution >= 4 is 34.9 Å². The van der Waals surface area contributed by atoms with Crippen LogP contribution in [-0.2, 0) is 4.79 Å². The zero-order valence-electron chi connectivity index (χ0n) is 18.1. The van der Waals surface area contributed by atoms with Gasteiger partial charge < -0.3 is 10.2 Å². The van der Waals surface area contributed by atoms with Crippen molar-refractivity contribution in [1.82, 2.24) is 14.7 Å². The van der Waals surface area contributed by atoms with Crippen molar-refractivity contribution in [3.8, 4) is 0 Å². The molecular formula is C23H28Cl2N4O. The minimum absolute atomic E-state index is 0.0766. The average Bonchev–Trinajstić information content (AvgIpc) is 3.08. The number of nitrogens with zero attached hydrogens (tertiary/aromatic N) is 3. The zero-order chi connectivity index (χ0) is 22.2. The molecule has 1 atom stereocenters.